The Balaban J connectivity index is 1.58. The molecule has 128 valence electrons. The molecule has 1 atom stereocenters. The van der Waals surface area contributed by atoms with E-state index < -0.39 is 0 Å². The van der Waals surface area contributed by atoms with Crippen LogP contribution in [0, 0.1) is 5.92 Å². The van der Waals surface area contributed by atoms with E-state index in [4.69, 9.17) is 4.42 Å². The topological polar surface area (TPSA) is 49.6 Å². The first-order valence-electron chi connectivity index (χ1n) is 8.97. The van der Waals surface area contributed by atoms with Gasteiger partial charge in [0.05, 0.1) is 12.7 Å². The van der Waals surface area contributed by atoms with Crippen LogP contribution < -0.4 is 0 Å². The van der Waals surface area contributed by atoms with Crippen molar-refractivity contribution in [2.75, 3.05) is 19.6 Å². The van der Waals surface area contributed by atoms with Crippen LogP contribution >= 0.6 is 0 Å². The summed E-state index contributed by atoms with van der Waals surface area (Å²) in [4.78, 5) is 20.9. The standard InChI is InChI=1S/C18H29N3O2/c1-13(2)17-9-19-18(23-17)12-21(14(3)22)16-7-8-20(11-16)10-15-5-4-6-15/h9,13,15-16H,4-8,10-12H2,1-3H3/t16-/m1/s1. The van der Waals surface area contributed by atoms with Crippen molar-refractivity contribution in [2.45, 2.75) is 65.0 Å². The lowest BCUT2D eigenvalue weighted by molar-refractivity contribution is -0.132. The fraction of sp³-hybridized carbons (Fsp3) is 0.778. The highest BCUT2D eigenvalue weighted by molar-refractivity contribution is 5.73. The molecule has 5 nitrogen and oxygen atoms in total. The molecule has 0 radical (unpaired) electrons. The van der Waals surface area contributed by atoms with E-state index in [9.17, 15) is 4.79 Å². The van der Waals surface area contributed by atoms with Gasteiger partial charge in [0.25, 0.3) is 0 Å². The zero-order chi connectivity index (χ0) is 16.4. The maximum Gasteiger partial charge on any atom is 0.220 e. The summed E-state index contributed by atoms with van der Waals surface area (Å²) >= 11 is 0. The maximum atomic E-state index is 12.1. The molecular formula is C18H29N3O2. The number of likely N-dealkylation sites (tertiary alicyclic amines) is 1. The molecule has 0 aromatic carbocycles. The Morgan fingerprint density at radius 1 is 1.43 bits per heavy atom. The molecule has 1 saturated carbocycles. The van der Waals surface area contributed by atoms with Gasteiger partial charge in [0.15, 0.2) is 0 Å². The van der Waals surface area contributed by atoms with E-state index in [0.717, 1.165) is 31.2 Å². The van der Waals surface area contributed by atoms with Gasteiger partial charge in [-0.3, -0.25) is 4.79 Å². The third kappa shape index (κ3) is 3.94. The van der Waals surface area contributed by atoms with E-state index in [2.05, 4.69) is 23.7 Å². The highest BCUT2D eigenvalue weighted by Gasteiger charge is 2.32. The number of hydrogen-bond acceptors (Lipinski definition) is 4. The van der Waals surface area contributed by atoms with Crippen molar-refractivity contribution in [1.82, 2.24) is 14.8 Å². The number of oxazole rings is 1. The van der Waals surface area contributed by atoms with Crippen LogP contribution in [0.4, 0.5) is 0 Å². The summed E-state index contributed by atoms with van der Waals surface area (Å²) in [6, 6.07) is 0.293. The average Bonchev–Trinajstić information content (AvgIpc) is 3.09. The molecule has 1 aliphatic carbocycles. The molecule has 1 amide bonds. The molecule has 23 heavy (non-hydrogen) atoms. The minimum atomic E-state index is 0.116. The van der Waals surface area contributed by atoms with Crippen molar-refractivity contribution < 1.29 is 9.21 Å². The van der Waals surface area contributed by atoms with Crippen LogP contribution in [-0.4, -0.2) is 46.4 Å². The Labute approximate surface area is 139 Å². The first-order valence-corrected chi connectivity index (χ1v) is 8.97. The molecule has 5 heteroatoms. The Morgan fingerprint density at radius 3 is 2.78 bits per heavy atom. The van der Waals surface area contributed by atoms with Crippen LogP contribution in [0.2, 0.25) is 0 Å². The maximum absolute atomic E-state index is 12.1. The highest BCUT2D eigenvalue weighted by atomic mass is 16.4. The molecule has 0 bridgehead atoms. The van der Waals surface area contributed by atoms with E-state index in [-0.39, 0.29) is 5.91 Å². The van der Waals surface area contributed by atoms with Crippen molar-refractivity contribution in [2.24, 2.45) is 5.92 Å². The number of aromatic nitrogens is 1. The normalized spacial score (nSPS) is 22.5. The van der Waals surface area contributed by atoms with E-state index in [0.29, 0.717) is 24.4 Å². The van der Waals surface area contributed by atoms with Crippen LogP contribution in [0.3, 0.4) is 0 Å². The third-order valence-corrected chi connectivity index (χ3v) is 5.28. The fourth-order valence-electron chi connectivity index (χ4n) is 3.58. The molecule has 1 saturated heterocycles. The van der Waals surface area contributed by atoms with E-state index >= 15 is 0 Å². The van der Waals surface area contributed by atoms with Crippen molar-refractivity contribution in [1.29, 1.82) is 0 Å². The molecule has 1 aromatic heterocycles. The number of carbonyl (C=O) groups excluding carboxylic acids is 1. The minimum Gasteiger partial charge on any atom is -0.444 e. The van der Waals surface area contributed by atoms with Gasteiger partial charge in [0, 0.05) is 38.5 Å². The molecule has 2 aliphatic rings. The van der Waals surface area contributed by atoms with Crippen LogP contribution in [0.25, 0.3) is 0 Å². The molecule has 0 unspecified atom stereocenters. The van der Waals surface area contributed by atoms with E-state index in [1.165, 1.54) is 25.8 Å². The second-order valence-corrected chi connectivity index (χ2v) is 7.46. The summed E-state index contributed by atoms with van der Waals surface area (Å²) in [7, 11) is 0. The molecule has 0 spiro atoms. The largest absolute Gasteiger partial charge is 0.444 e. The fourth-order valence-corrected chi connectivity index (χ4v) is 3.58. The zero-order valence-electron chi connectivity index (χ0n) is 14.6. The van der Waals surface area contributed by atoms with Crippen molar-refractivity contribution >= 4 is 5.91 Å². The number of hydrogen-bond donors (Lipinski definition) is 0. The molecule has 1 aliphatic heterocycles. The van der Waals surface area contributed by atoms with Gasteiger partial charge in [-0.25, -0.2) is 4.98 Å². The van der Waals surface area contributed by atoms with Gasteiger partial charge in [0.1, 0.15) is 5.76 Å². The van der Waals surface area contributed by atoms with E-state index in [1.54, 1.807) is 13.1 Å². The average molecular weight is 319 g/mol. The summed E-state index contributed by atoms with van der Waals surface area (Å²) in [5.74, 6) is 2.87. The van der Waals surface area contributed by atoms with Gasteiger partial charge in [0.2, 0.25) is 11.8 Å². The quantitative estimate of drug-likeness (QED) is 0.809. The van der Waals surface area contributed by atoms with Gasteiger partial charge in [-0.1, -0.05) is 20.3 Å². The van der Waals surface area contributed by atoms with Gasteiger partial charge in [-0.2, -0.15) is 0 Å². The van der Waals surface area contributed by atoms with Crippen molar-refractivity contribution in [3.05, 3.63) is 17.8 Å². The summed E-state index contributed by atoms with van der Waals surface area (Å²) < 4.78 is 5.78. The monoisotopic (exact) mass is 319 g/mol. The first-order chi connectivity index (χ1) is 11.0. The molecule has 2 fully saturated rings. The molecular weight excluding hydrogens is 290 g/mol. The lowest BCUT2D eigenvalue weighted by Gasteiger charge is -2.31. The second-order valence-electron chi connectivity index (χ2n) is 7.46. The summed E-state index contributed by atoms with van der Waals surface area (Å²) in [5.41, 5.74) is 0. The lowest BCUT2D eigenvalue weighted by Crippen LogP contribution is -2.41. The predicted octanol–water partition coefficient (Wildman–Crippen LogP) is 3.02. The molecule has 3 rings (SSSR count). The number of carbonyl (C=O) groups is 1. The Morgan fingerprint density at radius 2 is 2.22 bits per heavy atom. The van der Waals surface area contributed by atoms with Crippen LogP contribution in [0.5, 0.6) is 0 Å². The molecule has 1 aromatic rings. The molecule has 2 heterocycles. The number of amides is 1. The second kappa shape index (κ2) is 7.04. The van der Waals surface area contributed by atoms with Crippen LogP contribution in [-0.2, 0) is 11.3 Å². The Bertz CT molecular complexity index is 536. The third-order valence-electron chi connectivity index (χ3n) is 5.28. The molecule has 0 N–H and O–H groups in total. The van der Waals surface area contributed by atoms with Crippen LogP contribution in [0.15, 0.2) is 10.6 Å². The lowest BCUT2D eigenvalue weighted by atomic mass is 9.85. The number of rotatable bonds is 6. The van der Waals surface area contributed by atoms with E-state index in [1.807, 2.05) is 4.90 Å². The summed E-state index contributed by atoms with van der Waals surface area (Å²) in [5, 5.41) is 0. The minimum absolute atomic E-state index is 0.116. The number of nitrogens with zero attached hydrogens (tertiary/aromatic N) is 3. The highest BCUT2D eigenvalue weighted by Crippen LogP contribution is 2.29. The zero-order valence-corrected chi connectivity index (χ0v) is 14.6. The smallest absolute Gasteiger partial charge is 0.220 e. The van der Waals surface area contributed by atoms with Gasteiger partial charge >= 0.3 is 0 Å². The van der Waals surface area contributed by atoms with Gasteiger partial charge < -0.3 is 14.2 Å². The van der Waals surface area contributed by atoms with Gasteiger partial charge in [-0.05, 0) is 25.2 Å². The van der Waals surface area contributed by atoms with Crippen molar-refractivity contribution in [3.63, 3.8) is 0 Å². The Hall–Kier alpha value is -1.36. The van der Waals surface area contributed by atoms with Crippen LogP contribution in [0.1, 0.15) is 64.0 Å². The first kappa shape index (κ1) is 16.5. The van der Waals surface area contributed by atoms with Gasteiger partial charge in [-0.15, -0.1) is 0 Å². The summed E-state index contributed by atoms with van der Waals surface area (Å²) in [6.07, 6.45) is 7.00. The van der Waals surface area contributed by atoms with Crippen molar-refractivity contribution in [3.8, 4) is 0 Å². The summed E-state index contributed by atoms with van der Waals surface area (Å²) in [6.45, 7) is 9.62. The Kier molecular flexibility index (Phi) is 5.05. The SMILES string of the molecule is CC(=O)N(Cc1ncc(C(C)C)o1)[C@@H]1CCN(CC2CCC2)C1. The predicted molar refractivity (Wildman–Crippen MR) is 89.0 cm³/mol.